The molecule has 0 unspecified atom stereocenters. The van der Waals surface area contributed by atoms with Crippen LogP contribution in [0.25, 0.3) is 15.7 Å². The molecule has 2 aromatic carbocycles. The van der Waals surface area contributed by atoms with E-state index in [2.05, 4.69) is 36.4 Å². The van der Waals surface area contributed by atoms with Gasteiger partial charge in [0.2, 0.25) is 0 Å². The maximum atomic E-state index is 11.8. The van der Waals surface area contributed by atoms with Gasteiger partial charge in [-0.3, -0.25) is 4.79 Å². The van der Waals surface area contributed by atoms with E-state index in [0.29, 0.717) is 11.5 Å². The van der Waals surface area contributed by atoms with Gasteiger partial charge in [0.05, 0.1) is 10.7 Å². The molecule has 1 nitrogen and oxygen atoms in total. The molecule has 0 radical (unpaired) electrons. The maximum absolute atomic E-state index is 11.8. The zero-order valence-corrected chi connectivity index (χ0v) is 11.2. The Morgan fingerprint density at radius 3 is 2.67 bits per heavy atom. The summed E-state index contributed by atoms with van der Waals surface area (Å²) in [5.74, 6) is 1.84. The maximum Gasteiger partial charge on any atom is 0.180 e. The lowest BCUT2D eigenvalue weighted by Gasteiger charge is -2.18. The van der Waals surface area contributed by atoms with Crippen molar-refractivity contribution in [3.05, 3.63) is 52.4 Å². The summed E-state index contributed by atoms with van der Waals surface area (Å²) in [6, 6.07) is 12.8. The van der Waals surface area contributed by atoms with Crippen LogP contribution < -0.4 is 0 Å². The fourth-order valence-electron chi connectivity index (χ4n) is 2.59. The highest BCUT2D eigenvalue weighted by Crippen LogP contribution is 2.49. The van der Waals surface area contributed by atoms with Crippen LogP contribution in [0.5, 0.6) is 0 Å². The van der Waals surface area contributed by atoms with Gasteiger partial charge in [0.25, 0.3) is 0 Å². The van der Waals surface area contributed by atoms with Gasteiger partial charge in [0, 0.05) is 10.7 Å². The number of thioether (sulfide) groups is 2. The van der Waals surface area contributed by atoms with Gasteiger partial charge in [-0.15, -0.1) is 23.5 Å². The number of benzene rings is 2. The average Bonchev–Trinajstić information content (AvgIpc) is 2.80. The van der Waals surface area contributed by atoms with Crippen molar-refractivity contribution in [2.45, 2.75) is 5.75 Å². The lowest BCUT2D eigenvalue weighted by atomic mass is 9.99. The lowest BCUT2D eigenvalue weighted by molar-refractivity contribution is -0.112. The fraction of sp³-hybridized carbons (Fsp3) is 0.133. The number of hydrogen-bond donors (Lipinski definition) is 0. The van der Waals surface area contributed by atoms with Crippen molar-refractivity contribution in [2.24, 2.45) is 0 Å². The summed E-state index contributed by atoms with van der Waals surface area (Å²) in [6.07, 6.45) is 0. The van der Waals surface area contributed by atoms with Gasteiger partial charge in [-0.25, -0.2) is 0 Å². The van der Waals surface area contributed by atoms with Crippen LogP contribution in [-0.4, -0.2) is 11.5 Å². The number of carbonyl (C=O) groups excluding carboxylic acids is 1. The van der Waals surface area contributed by atoms with Crippen molar-refractivity contribution in [3.8, 4) is 0 Å². The molecule has 0 aromatic heterocycles. The van der Waals surface area contributed by atoms with Gasteiger partial charge >= 0.3 is 0 Å². The fourth-order valence-corrected chi connectivity index (χ4v) is 5.12. The second kappa shape index (κ2) is 3.90. The molecule has 4 rings (SSSR count). The minimum absolute atomic E-state index is 0.304. The van der Waals surface area contributed by atoms with Crippen LogP contribution in [0.15, 0.2) is 41.3 Å². The van der Waals surface area contributed by atoms with Crippen LogP contribution >= 0.6 is 23.5 Å². The Bertz CT molecular complexity index is 716. The molecule has 2 aliphatic heterocycles. The Kier molecular flexibility index (Phi) is 2.32. The third-order valence-electron chi connectivity index (χ3n) is 3.45. The molecular weight excluding hydrogens is 260 g/mol. The molecule has 0 bridgehead atoms. The summed E-state index contributed by atoms with van der Waals surface area (Å²) >= 11 is 3.40. The van der Waals surface area contributed by atoms with E-state index in [4.69, 9.17) is 0 Å². The molecule has 0 amide bonds. The molecular formula is C15H10OS2. The standard InChI is InChI=1S/C15H10OS2/c16-13-8-18-14-11-6-5-9-3-1-2-4-10(9)12(11)7-17-15(13)14/h1-6H,7-8H2. The molecule has 88 valence electrons. The molecule has 0 fully saturated rings. The smallest absolute Gasteiger partial charge is 0.180 e. The van der Waals surface area contributed by atoms with Gasteiger partial charge in [0.1, 0.15) is 0 Å². The normalized spacial score (nSPS) is 18.1. The van der Waals surface area contributed by atoms with E-state index in [1.807, 2.05) is 0 Å². The number of ketones is 1. The second-order valence-corrected chi connectivity index (χ2v) is 6.44. The quantitative estimate of drug-likeness (QED) is 0.718. The van der Waals surface area contributed by atoms with Gasteiger partial charge in [0.15, 0.2) is 5.78 Å². The van der Waals surface area contributed by atoms with Gasteiger partial charge in [-0.05, 0) is 21.9 Å². The highest BCUT2D eigenvalue weighted by atomic mass is 32.2. The van der Waals surface area contributed by atoms with Crippen molar-refractivity contribution < 1.29 is 4.79 Å². The predicted molar refractivity (Wildman–Crippen MR) is 79.6 cm³/mol. The molecule has 0 saturated heterocycles. The molecule has 18 heavy (non-hydrogen) atoms. The van der Waals surface area contributed by atoms with E-state index in [9.17, 15) is 4.79 Å². The van der Waals surface area contributed by atoms with Crippen molar-refractivity contribution in [3.63, 3.8) is 0 Å². The van der Waals surface area contributed by atoms with Crippen LogP contribution in [0.1, 0.15) is 11.1 Å². The van der Waals surface area contributed by atoms with Crippen LogP contribution in [0, 0.1) is 0 Å². The second-order valence-electron chi connectivity index (χ2n) is 4.47. The van der Waals surface area contributed by atoms with Gasteiger partial charge in [-0.1, -0.05) is 36.4 Å². The first kappa shape index (κ1) is 10.7. The monoisotopic (exact) mass is 270 g/mol. The van der Waals surface area contributed by atoms with E-state index in [1.54, 1.807) is 23.5 Å². The SMILES string of the molecule is O=C1CSC2=C1SCc1c2ccc2ccccc12. The first-order valence-corrected chi connectivity index (χ1v) is 7.86. The third-order valence-corrected chi connectivity index (χ3v) is 5.86. The van der Waals surface area contributed by atoms with E-state index in [1.165, 1.54) is 26.8 Å². The summed E-state index contributed by atoms with van der Waals surface area (Å²) in [6.45, 7) is 0. The molecule has 0 N–H and O–H groups in total. The highest BCUT2D eigenvalue weighted by molar-refractivity contribution is 8.13. The first-order valence-electron chi connectivity index (χ1n) is 5.88. The number of fused-ring (bicyclic) bond motifs is 4. The van der Waals surface area contributed by atoms with E-state index in [0.717, 1.165) is 10.7 Å². The summed E-state index contributed by atoms with van der Waals surface area (Å²) in [5.41, 5.74) is 2.66. The molecule has 2 aliphatic rings. The molecule has 0 atom stereocenters. The molecule has 0 saturated carbocycles. The van der Waals surface area contributed by atoms with Gasteiger partial charge in [-0.2, -0.15) is 0 Å². The number of rotatable bonds is 0. The first-order chi connectivity index (χ1) is 8.84. The zero-order chi connectivity index (χ0) is 12.1. The number of allylic oxidation sites excluding steroid dienone is 1. The summed E-state index contributed by atoms with van der Waals surface area (Å²) in [4.78, 5) is 14.0. The summed E-state index contributed by atoms with van der Waals surface area (Å²) in [7, 11) is 0. The van der Waals surface area contributed by atoms with Crippen LogP contribution in [-0.2, 0) is 10.5 Å². The molecule has 0 spiro atoms. The Hall–Kier alpha value is -1.19. The molecule has 0 aliphatic carbocycles. The number of Topliss-reactive ketones (excluding diaryl/α,β-unsaturated/α-hetero) is 1. The zero-order valence-electron chi connectivity index (χ0n) is 9.60. The largest absolute Gasteiger partial charge is 0.293 e. The summed E-state index contributed by atoms with van der Waals surface area (Å²) in [5, 5.41) is 2.62. The Morgan fingerprint density at radius 2 is 1.72 bits per heavy atom. The van der Waals surface area contributed by atoms with E-state index >= 15 is 0 Å². The third kappa shape index (κ3) is 1.41. The predicted octanol–water partition coefficient (Wildman–Crippen LogP) is 4.07. The Labute approximate surface area is 114 Å². The van der Waals surface area contributed by atoms with Crippen LogP contribution in [0.4, 0.5) is 0 Å². The molecule has 2 heterocycles. The van der Waals surface area contributed by atoms with Crippen molar-refractivity contribution in [2.75, 3.05) is 5.75 Å². The van der Waals surface area contributed by atoms with Crippen LogP contribution in [0.2, 0.25) is 0 Å². The van der Waals surface area contributed by atoms with Crippen LogP contribution in [0.3, 0.4) is 0 Å². The average molecular weight is 270 g/mol. The van der Waals surface area contributed by atoms with E-state index in [-0.39, 0.29) is 0 Å². The number of carbonyl (C=O) groups is 1. The topological polar surface area (TPSA) is 17.1 Å². The van der Waals surface area contributed by atoms with Crippen molar-refractivity contribution in [1.82, 2.24) is 0 Å². The van der Waals surface area contributed by atoms with Crippen molar-refractivity contribution >= 4 is 45.0 Å². The van der Waals surface area contributed by atoms with Crippen molar-refractivity contribution in [1.29, 1.82) is 0 Å². The molecule has 2 aromatic rings. The minimum Gasteiger partial charge on any atom is -0.293 e. The minimum atomic E-state index is 0.304. The molecule has 3 heteroatoms. The number of hydrogen-bond acceptors (Lipinski definition) is 3. The highest BCUT2D eigenvalue weighted by Gasteiger charge is 2.30. The summed E-state index contributed by atoms with van der Waals surface area (Å²) < 4.78 is 0. The van der Waals surface area contributed by atoms with E-state index < -0.39 is 0 Å². The van der Waals surface area contributed by atoms with Gasteiger partial charge < -0.3 is 0 Å². The lowest BCUT2D eigenvalue weighted by Crippen LogP contribution is -2.02. The Morgan fingerprint density at radius 1 is 0.889 bits per heavy atom. The Balaban J connectivity index is 2.04.